The number of carboxylic acids is 1. The Balaban J connectivity index is 2.09. The molecule has 5 heteroatoms. The highest BCUT2D eigenvalue weighted by Crippen LogP contribution is 2.28. The molecule has 21 heavy (non-hydrogen) atoms. The summed E-state index contributed by atoms with van der Waals surface area (Å²) in [4.78, 5) is 22.8. The number of amides is 1. The summed E-state index contributed by atoms with van der Waals surface area (Å²) < 4.78 is 0.791. The molecule has 1 saturated carbocycles. The minimum Gasteiger partial charge on any atom is -0.478 e. The number of benzene rings is 1. The molecule has 1 amide bonds. The average Bonchev–Trinajstić information content (AvgIpc) is 2.48. The zero-order valence-corrected chi connectivity index (χ0v) is 13.2. The monoisotopic (exact) mass is 351 g/mol. The molecule has 2 rings (SSSR count). The van der Waals surface area contributed by atoms with Gasteiger partial charge in [0.1, 0.15) is 0 Å². The Morgan fingerprint density at radius 2 is 1.95 bits per heavy atom. The maximum atomic E-state index is 12.3. The zero-order valence-electron chi connectivity index (χ0n) is 11.6. The molecule has 0 heterocycles. The predicted octanol–water partition coefficient (Wildman–Crippen LogP) is 4.07. The van der Waals surface area contributed by atoms with Crippen LogP contribution in [0.3, 0.4) is 0 Å². The molecule has 0 bridgehead atoms. The highest BCUT2D eigenvalue weighted by atomic mass is 79.9. The fourth-order valence-corrected chi connectivity index (χ4v) is 2.86. The predicted molar refractivity (Wildman–Crippen MR) is 86.0 cm³/mol. The lowest BCUT2D eigenvalue weighted by molar-refractivity contribution is -0.131. The summed E-state index contributed by atoms with van der Waals surface area (Å²) in [5, 5.41) is 11.6. The summed E-state index contributed by atoms with van der Waals surface area (Å²) in [6.45, 7) is 0. The molecule has 112 valence electrons. The van der Waals surface area contributed by atoms with Crippen LogP contribution < -0.4 is 5.32 Å². The quantitative estimate of drug-likeness (QED) is 0.803. The van der Waals surface area contributed by atoms with Crippen molar-refractivity contribution in [1.82, 2.24) is 0 Å². The lowest BCUT2D eigenvalue weighted by Gasteiger charge is -2.21. The molecule has 1 aromatic rings. The smallest absolute Gasteiger partial charge is 0.328 e. The van der Waals surface area contributed by atoms with Gasteiger partial charge >= 0.3 is 5.97 Å². The maximum absolute atomic E-state index is 12.3. The van der Waals surface area contributed by atoms with Gasteiger partial charge in [0.2, 0.25) is 5.91 Å². The van der Waals surface area contributed by atoms with Crippen molar-refractivity contribution < 1.29 is 14.7 Å². The third-order valence-electron chi connectivity index (χ3n) is 3.64. The molecule has 4 nitrogen and oxygen atoms in total. The van der Waals surface area contributed by atoms with Crippen LogP contribution in [-0.2, 0) is 9.59 Å². The van der Waals surface area contributed by atoms with Gasteiger partial charge in [0.05, 0.1) is 5.69 Å². The van der Waals surface area contributed by atoms with Crippen molar-refractivity contribution in [2.75, 3.05) is 5.32 Å². The molecule has 0 radical (unpaired) electrons. The summed E-state index contributed by atoms with van der Waals surface area (Å²) in [5.41, 5.74) is 1.41. The van der Waals surface area contributed by atoms with E-state index in [1.54, 1.807) is 18.2 Å². The van der Waals surface area contributed by atoms with Crippen LogP contribution >= 0.6 is 15.9 Å². The summed E-state index contributed by atoms with van der Waals surface area (Å²) in [6, 6.07) is 5.36. The minimum absolute atomic E-state index is 0.0507. The van der Waals surface area contributed by atoms with Crippen LogP contribution in [0.1, 0.15) is 37.7 Å². The Bertz CT molecular complexity index is 563. The summed E-state index contributed by atoms with van der Waals surface area (Å²) >= 11 is 3.41. The fourth-order valence-electron chi connectivity index (χ4n) is 2.51. The molecule has 1 aliphatic rings. The van der Waals surface area contributed by atoms with Gasteiger partial charge in [0.25, 0.3) is 0 Å². The van der Waals surface area contributed by atoms with Crippen LogP contribution in [0, 0.1) is 5.92 Å². The number of carbonyl (C=O) groups excluding carboxylic acids is 1. The average molecular weight is 352 g/mol. The molecule has 1 fully saturated rings. The van der Waals surface area contributed by atoms with Crippen LogP contribution in [0.2, 0.25) is 0 Å². The normalized spacial score (nSPS) is 16.0. The topological polar surface area (TPSA) is 66.4 Å². The first-order valence-electron chi connectivity index (χ1n) is 7.07. The van der Waals surface area contributed by atoms with Gasteiger partial charge in [0.15, 0.2) is 0 Å². The summed E-state index contributed by atoms with van der Waals surface area (Å²) in [7, 11) is 0. The second kappa shape index (κ2) is 7.41. The minimum atomic E-state index is -0.995. The van der Waals surface area contributed by atoms with Gasteiger partial charge in [-0.2, -0.15) is 0 Å². The number of nitrogens with one attached hydrogen (secondary N) is 1. The zero-order chi connectivity index (χ0) is 15.2. The largest absolute Gasteiger partial charge is 0.478 e. The lowest BCUT2D eigenvalue weighted by Crippen LogP contribution is -2.24. The second-order valence-electron chi connectivity index (χ2n) is 5.24. The van der Waals surface area contributed by atoms with Crippen molar-refractivity contribution in [2.45, 2.75) is 32.1 Å². The third kappa shape index (κ3) is 4.70. The van der Waals surface area contributed by atoms with E-state index >= 15 is 0 Å². The molecule has 1 aromatic carbocycles. The van der Waals surface area contributed by atoms with Crippen molar-refractivity contribution in [3.63, 3.8) is 0 Å². The highest BCUT2D eigenvalue weighted by Gasteiger charge is 2.21. The Morgan fingerprint density at radius 1 is 1.24 bits per heavy atom. The number of carboxylic acid groups (broad SMARTS) is 1. The maximum Gasteiger partial charge on any atom is 0.328 e. The summed E-state index contributed by atoms with van der Waals surface area (Å²) in [5.74, 6) is -0.857. The van der Waals surface area contributed by atoms with Crippen LogP contribution in [0.15, 0.2) is 28.7 Å². The molecule has 0 aromatic heterocycles. The first-order chi connectivity index (χ1) is 10.1. The number of anilines is 1. The lowest BCUT2D eigenvalue weighted by atomic mass is 9.88. The van der Waals surface area contributed by atoms with Crippen LogP contribution in [0.25, 0.3) is 6.08 Å². The molecular formula is C16H18BrNO3. The Kier molecular flexibility index (Phi) is 5.56. The number of halogens is 1. The van der Waals surface area contributed by atoms with Gasteiger partial charge in [-0.15, -0.1) is 0 Å². The highest BCUT2D eigenvalue weighted by molar-refractivity contribution is 9.10. The van der Waals surface area contributed by atoms with Gasteiger partial charge in [-0.1, -0.05) is 25.3 Å². The van der Waals surface area contributed by atoms with E-state index in [9.17, 15) is 9.59 Å². The van der Waals surface area contributed by atoms with E-state index in [4.69, 9.17) is 5.11 Å². The van der Waals surface area contributed by atoms with E-state index in [1.807, 2.05) is 0 Å². The van der Waals surface area contributed by atoms with Gasteiger partial charge < -0.3 is 10.4 Å². The molecule has 1 aliphatic carbocycles. The van der Waals surface area contributed by atoms with Gasteiger partial charge in [0, 0.05) is 16.5 Å². The Labute approximate surface area is 132 Å². The second-order valence-corrected chi connectivity index (χ2v) is 6.09. The molecular weight excluding hydrogens is 334 g/mol. The number of carbonyl (C=O) groups is 2. The summed E-state index contributed by atoms with van der Waals surface area (Å²) in [6.07, 6.45) is 7.91. The van der Waals surface area contributed by atoms with Crippen molar-refractivity contribution in [2.24, 2.45) is 5.92 Å². The van der Waals surface area contributed by atoms with Crippen LogP contribution in [-0.4, -0.2) is 17.0 Å². The van der Waals surface area contributed by atoms with Gasteiger partial charge in [-0.05, 0) is 52.5 Å². The molecule has 2 N–H and O–H groups in total. The Morgan fingerprint density at radius 3 is 2.62 bits per heavy atom. The number of aliphatic carboxylic acids is 1. The molecule has 0 unspecified atom stereocenters. The number of hydrogen-bond acceptors (Lipinski definition) is 2. The fraction of sp³-hybridized carbons (Fsp3) is 0.375. The van der Waals surface area contributed by atoms with Gasteiger partial charge in [-0.25, -0.2) is 4.79 Å². The van der Waals surface area contributed by atoms with Crippen molar-refractivity contribution in [3.05, 3.63) is 34.3 Å². The third-order valence-corrected chi connectivity index (χ3v) is 4.33. The van der Waals surface area contributed by atoms with E-state index in [0.29, 0.717) is 5.69 Å². The van der Waals surface area contributed by atoms with Gasteiger partial charge in [-0.3, -0.25) is 4.79 Å². The van der Waals surface area contributed by atoms with E-state index < -0.39 is 5.97 Å². The van der Waals surface area contributed by atoms with Crippen LogP contribution in [0.4, 0.5) is 5.69 Å². The molecule has 0 spiro atoms. The van der Waals surface area contributed by atoms with E-state index in [-0.39, 0.29) is 11.8 Å². The standard InChI is InChI=1S/C16H18BrNO3/c17-13-8-6-11(7-9-15(19)20)10-14(13)18-16(21)12-4-2-1-3-5-12/h6-10,12H,1-5H2,(H,18,21)(H,19,20)/b9-7+. The van der Waals surface area contributed by atoms with Crippen molar-refractivity contribution in [1.29, 1.82) is 0 Å². The first kappa shape index (κ1) is 15.8. The van der Waals surface area contributed by atoms with Crippen molar-refractivity contribution in [3.8, 4) is 0 Å². The SMILES string of the molecule is O=C(O)/C=C/c1ccc(Br)c(NC(=O)C2CCCCC2)c1. The van der Waals surface area contributed by atoms with E-state index in [0.717, 1.165) is 41.8 Å². The number of hydrogen-bond donors (Lipinski definition) is 2. The Hall–Kier alpha value is -1.62. The molecule has 0 saturated heterocycles. The van der Waals surface area contributed by atoms with E-state index in [1.165, 1.54) is 12.5 Å². The molecule has 0 aliphatic heterocycles. The van der Waals surface area contributed by atoms with Crippen molar-refractivity contribution >= 4 is 39.6 Å². The molecule has 0 atom stereocenters. The first-order valence-corrected chi connectivity index (χ1v) is 7.87. The van der Waals surface area contributed by atoms with E-state index in [2.05, 4.69) is 21.2 Å². The number of rotatable bonds is 4. The van der Waals surface area contributed by atoms with Crippen LogP contribution in [0.5, 0.6) is 0 Å².